The van der Waals surface area contributed by atoms with Crippen molar-refractivity contribution in [2.24, 2.45) is 0 Å². The van der Waals surface area contributed by atoms with Gasteiger partial charge in [0, 0.05) is 6.04 Å². The zero-order valence-electron chi connectivity index (χ0n) is 10.4. The molecule has 0 aliphatic carbocycles. The van der Waals surface area contributed by atoms with Gasteiger partial charge in [0.1, 0.15) is 0 Å². The van der Waals surface area contributed by atoms with E-state index in [0.717, 1.165) is 12.8 Å². The molecular weight excluding hydrogens is 210 g/mol. The molecule has 2 aromatic rings. The van der Waals surface area contributed by atoms with E-state index >= 15 is 0 Å². The molecule has 1 aromatic heterocycles. The van der Waals surface area contributed by atoms with Gasteiger partial charge in [-0.25, -0.2) is 0 Å². The van der Waals surface area contributed by atoms with E-state index in [1.807, 2.05) is 19.4 Å². The summed E-state index contributed by atoms with van der Waals surface area (Å²) in [5.74, 6) is 0. The van der Waals surface area contributed by atoms with E-state index in [0.29, 0.717) is 6.04 Å². The second kappa shape index (κ2) is 5.69. The Morgan fingerprint density at radius 2 is 2.00 bits per heavy atom. The molecule has 2 nitrogen and oxygen atoms in total. The summed E-state index contributed by atoms with van der Waals surface area (Å²) >= 11 is 0. The van der Waals surface area contributed by atoms with Crippen LogP contribution in [-0.2, 0) is 12.8 Å². The lowest BCUT2D eigenvalue weighted by atomic mass is 9.97. The maximum atomic E-state index is 5.11. The van der Waals surface area contributed by atoms with Crippen molar-refractivity contribution in [1.29, 1.82) is 0 Å². The first-order valence-corrected chi connectivity index (χ1v) is 6.02. The fraction of sp³-hybridized carbons (Fsp3) is 0.333. The van der Waals surface area contributed by atoms with Gasteiger partial charge in [-0.15, -0.1) is 0 Å². The van der Waals surface area contributed by atoms with E-state index in [2.05, 4.69) is 36.5 Å². The van der Waals surface area contributed by atoms with Gasteiger partial charge in [-0.05, 0) is 49.6 Å². The molecule has 0 saturated carbocycles. The molecule has 0 saturated heterocycles. The molecule has 1 aromatic carbocycles. The molecule has 0 spiro atoms. The van der Waals surface area contributed by atoms with Crippen molar-refractivity contribution in [2.75, 3.05) is 7.05 Å². The number of likely N-dealkylation sites (N-methyl/N-ethyl adjacent to an activating group) is 1. The van der Waals surface area contributed by atoms with Crippen molar-refractivity contribution >= 4 is 0 Å². The summed E-state index contributed by atoms with van der Waals surface area (Å²) < 4.78 is 5.11. The average molecular weight is 229 g/mol. The lowest BCUT2D eigenvalue weighted by Crippen LogP contribution is -2.30. The van der Waals surface area contributed by atoms with E-state index in [4.69, 9.17) is 4.42 Å². The Morgan fingerprint density at radius 3 is 2.65 bits per heavy atom. The Labute approximate surface area is 103 Å². The number of hydrogen-bond acceptors (Lipinski definition) is 2. The van der Waals surface area contributed by atoms with Gasteiger partial charge < -0.3 is 9.73 Å². The van der Waals surface area contributed by atoms with E-state index < -0.39 is 0 Å². The Kier molecular flexibility index (Phi) is 3.99. The second-order valence-corrected chi connectivity index (χ2v) is 4.45. The number of hydrogen-bond donors (Lipinski definition) is 1. The van der Waals surface area contributed by atoms with E-state index in [9.17, 15) is 0 Å². The zero-order valence-corrected chi connectivity index (χ0v) is 10.4. The topological polar surface area (TPSA) is 25.2 Å². The van der Waals surface area contributed by atoms with Gasteiger partial charge in [-0.2, -0.15) is 0 Å². The van der Waals surface area contributed by atoms with E-state index in [1.165, 1.54) is 16.7 Å². The second-order valence-electron chi connectivity index (χ2n) is 4.45. The van der Waals surface area contributed by atoms with Crippen LogP contribution in [0.3, 0.4) is 0 Å². The summed E-state index contributed by atoms with van der Waals surface area (Å²) in [5, 5.41) is 3.37. The highest BCUT2D eigenvalue weighted by molar-refractivity contribution is 5.26. The van der Waals surface area contributed by atoms with Gasteiger partial charge in [0.25, 0.3) is 0 Å². The third-order valence-electron chi connectivity index (χ3n) is 3.20. The first-order chi connectivity index (χ1) is 8.29. The highest BCUT2D eigenvalue weighted by Crippen LogP contribution is 2.13. The normalized spacial score (nSPS) is 12.6. The molecule has 1 unspecified atom stereocenters. The number of nitrogens with one attached hydrogen (secondary N) is 1. The van der Waals surface area contributed by atoms with Crippen molar-refractivity contribution in [3.63, 3.8) is 0 Å². The van der Waals surface area contributed by atoms with Crippen LogP contribution in [0, 0.1) is 6.92 Å². The highest BCUT2D eigenvalue weighted by Gasteiger charge is 2.10. The molecule has 1 atom stereocenters. The summed E-state index contributed by atoms with van der Waals surface area (Å²) in [6.07, 6.45) is 5.60. The molecule has 0 fully saturated rings. The van der Waals surface area contributed by atoms with Crippen LogP contribution in [0.5, 0.6) is 0 Å². The van der Waals surface area contributed by atoms with Crippen LogP contribution in [-0.4, -0.2) is 13.1 Å². The summed E-state index contributed by atoms with van der Waals surface area (Å²) in [6.45, 7) is 2.17. The first kappa shape index (κ1) is 11.9. The maximum absolute atomic E-state index is 5.11. The van der Waals surface area contributed by atoms with Crippen molar-refractivity contribution < 1.29 is 4.42 Å². The summed E-state index contributed by atoms with van der Waals surface area (Å²) in [7, 11) is 2.02. The minimum absolute atomic E-state index is 0.453. The molecule has 0 amide bonds. The molecule has 0 bridgehead atoms. The van der Waals surface area contributed by atoms with Crippen LogP contribution in [0.4, 0.5) is 0 Å². The van der Waals surface area contributed by atoms with Gasteiger partial charge in [0.05, 0.1) is 12.5 Å². The predicted octanol–water partition coefficient (Wildman–Crippen LogP) is 2.96. The Morgan fingerprint density at radius 1 is 1.18 bits per heavy atom. The van der Waals surface area contributed by atoms with Crippen LogP contribution in [0.2, 0.25) is 0 Å². The van der Waals surface area contributed by atoms with E-state index in [-0.39, 0.29) is 0 Å². The fourth-order valence-corrected chi connectivity index (χ4v) is 2.07. The number of benzene rings is 1. The zero-order chi connectivity index (χ0) is 12.1. The molecule has 0 aliphatic heterocycles. The van der Waals surface area contributed by atoms with Crippen LogP contribution in [0.1, 0.15) is 16.7 Å². The third kappa shape index (κ3) is 3.21. The van der Waals surface area contributed by atoms with Crippen LogP contribution in [0.25, 0.3) is 0 Å². The average Bonchev–Trinajstić information content (AvgIpc) is 2.84. The lowest BCUT2D eigenvalue weighted by Gasteiger charge is -2.16. The standard InChI is InChI=1S/C15H19NO/c1-12-5-3-4-6-14(12)10-15(16-2)9-13-7-8-17-11-13/h3-8,11,15-16H,9-10H2,1-2H3. The maximum Gasteiger partial charge on any atom is 0.0935 e. The lowest BCUT2D eigenvalue weighted by molar-refractivity contribution is 0.538. The van der Waals surface area contributed by atoms with Gasteiger partial charge in [0.15, 0.2) is 0 Å². The molecule has 2 heteroatoms. The van der Waals surface area contributed by atoms with Crippen LogP contribution >= 0.6 is 0 Å². The summed E-state index contributed by atoms with van der Waals surface area (Å²) in [5.41, 5.74) is 4.02. The molecule has 1 N–H and O–H groups in total. The molecule has 90 valence electrons. The molecule has 0 aliphatic rings. The minimum Gasteiger partial charge on any atom is -0.472 e. The molecular formula is C15H19NO. The Balaban J connectivity index is 2.03. The quantitative estimate of drug-likeness (QED) is 0.852. The van der Waals surface area contributed by atoms with Crippen molar-refractivity contribution in [1.82, 2.24) is 5.32 Å². The SMILES string of the molecule is CNC(Cc1ccoc1)Cc1ccccc1C. The monoisotopic (exact) mass is 229 g/mol. The molecule has 0 radical (unpaired) electrons. The van der Waals surface area contributed by atoms with Gasteiger partial charge >= 0.3 is 0 Å². The Hall–Kier alpha value is -1.54. The molecule has 17 heavy (non-hydrogen) atoms. The van der Waals surface area contributed by atoms with Gasteiger partial charge in [0.2, 0.25) is 0 Å². The third-order valence-corrected chi connectivity index (χ3v) is 3.20. The van der Waals surface area contributed by atoms with Crippen molar-refractivity contribution in [3.05, 3.63) is 59.5 Å². The van der Waals surface area contributed by atoms with Gasteiger partial charge in [-0.1, -0.05) is 24.3 Å². The number of rotatable bonds is 5. The molecule has 2 rings (SSSR count). The fourth-order valence-electron chi connectivity index (χ4n) is 2.07. The largest absolute Gasteiger partial charge is 0.472 e. The van der Waals surface area contributed by atoms with Crippen LogP contribution < -0.4 is 5.32 Å². The van der Waals surface area contributed by atoms with Gasteiger partial charge in [-0.3, -0.25) is 0 Å². The molecule has 1 heterocycles. The van der Waals surface area contributed by atoms with E-state index in [1.54, 1.807) is 6.26 Å². The summed E-state index contributed by atoms with van der Waals surface area (Å²) in [6, 6.07) is 11.0. The highest BCUT2D eigenvalue weighted by atomic mass is 16.3. The predicted molar refractivity (Wildman–Crippen MR) is 70.1 cm³/mol. The minimum atomic E-state index is 0.453. The Bertz CT molecular complexity index is 448. The van der Waals surface area contributed by atoms with Crippen molar-refractivity contribution in [2.45, 2.75) is 25.8 Å². The van der Waals surface area contributed by atoms with Crippen molar-refractivity contribution in [3.8, 4) is 0 Å². The van der Waals surface area contributed by atoms with Crippen LogP contribution in [0.15, 0.2) is 47.3 Å². The summed E-state index contributed by atoms with van der Waals surface area (Å²) in [4.78, 5) is 0. The number of furan rings is 1. The number of aryl methyl sites for hydroxylation is 1. The smallest absolute Gasteiger partial charge is 0.0935 e. The first-order valence-electron chi connectivity index (χ1n) is 6.02.